The highest BCUT2D eigenvalue weighted by molar-refractivity contribution is 5.98. The van der Waals surface area contributed by atoms with E-state index in [0.29, 0.717) is 31.7 Å². The number of hydrogen-bond acceptors (Lipinski definition) is 4. The van der Waals surface area contributed by atoms with Gasteiger partial charge in [0.05, 0.1) is 12.3 Å². The number of nitrogens with zero attached hydrogens (tertiary/aromatic N) is 2. The molecule has 6 nitrogen and oxygen atoms in total. The fourth-order valence-electron chi connectivity index (χ4n) is 3.53. The van der Waals surface area contributed by atoms with Crippen LogP contribution in [0.3, 0.4) is 0 Å². The largest absolute Gasteiger partial charge is 0.464 e. The normalized spacial score (nSPS) is 23.5. The number of aromatic nitrogens is 2. The number of nitrogens with one attached hydrogen (secondary N) is 1. The van der Waals surface area contributed by atoms with E-state index in [1.165, 1.54) is 0 Å². The first-order valence-corrected chi connectivity index (χ1v) is 7.81. The van der Waals surface area contributed by atoms with Gasteiger partial charge in [-0.2, -0.15) is 5.10 Å². The minimum absolute atomic E-state index is 0.184. The number of hydrogen-bond donors (Lipinski definition) is 1. The Bertz CT molecular complexity index is 751. The highest BCUT2D eigenvalue weighted by Gasteiger charge is 2.54. The maximum atomic E-state index is 12.8. The number of rotatable bonds is 2. The molecule has 6 heteroatoms. The molecule has 1 N–H and O–H groups in total. The maximum Gasteiger partial charge on any atom is 0.332 e. The topological polar surface area (TPSA) is 75.3 Å². The van der Waals surface area contributed by atoms with Gasteiger partial charge in [0.15, 0.2) is 0 Å². The van der Waals surface area contributed by atoms with Crippen LogP contribution in [-0.2, 0) is 9.53 Å². The lowest BCUT2D eigenvalue weighted by Crippen LogP contribution is -2.50. The maximum absolute atomic E-state index is 12.8. The van der Waals surface area contributed by atoms with Gasteiger partial charge in [0, 0.05) is 18.5 Å². The summed E-state index contributed by atoms with van der Waals surface area (Å²) in [5.74, 6) is -0.456. The van der Waals surface area contributed by atoms with E-state index in [0.717, 1.165) is 17.7 Å². The molecule has 2 fully saturated rings. The summed E-state index contributed by atoms with van der Waals surface area (Å²) >= 11 is 0. The Balaban J connectivity index is 1.63. The molecule has 2 aliphatic heterocycles. The third-order valence-electron chi connectivity index (χ3n) is 4.74. The van der Waals surface area contributed by atoms with Gasteiger partial charge in [0.1, 0.15) is 11.2 Å². The first kappa shape index (κ1) is 14.0. The van der Waals surface area contributed by atoms with Crippen molar-refractivity contribution in [3.8, 4) is 11.3 Å². The summed E-state index contributed by atoms with van der Waals surface area (Å²) in [7, 11) is 0. The van der Waals surface area contributed by atoms with Crippen molar-refractivity contribution in [1.29, 1.82) is 0 Å². The Morgan fingerprint density at radius 2 is 2.09 bits per heavy atom. The van der Waals surface area contributed by atoms with Gasteiger partial charge in [-0.1, -0.05) is 30.3 Å². The van der Waals surface area contributed by atoms with E-state index in [1.807, 2.05) is 30.3 Å². The van der Waals surface area contributed by atoms with Crippen LogP contribution in [0.25, 0.3) is 11.3 Å². The first-order chi connectivity index (χ1) is 11.2. The van der Waals surface area contributed by atoms with Gasteiger partial charge < -0.3 is 9.64 Å². The Morgan fingerprint density at radius 1 is 1.26 bits per heavy atom. The molecule has 3 heterocycles. The summed E-state index contributed by atoms with van der Waals surface area (Å²) < 4.78 is 5.12. The van der Waals surface area contributed by atoms with Crippen molar-refractivity contribution < 1.29 is 14.3 Å². The van der Waals surface area contributed by atoms with Gasteiger partial charge in [0.2, 0.25) is 0 Å². The molecule has 4 rings (SSSR count). The first-order valence-electron chi connectivity index (χ1n) is 7.81. The molecule has 1 spiro atoms. The molecule has 0 aliphatic carbocycles. The van der Waals surface area contributed by atoms with Crippen molar-refractivity contribution in [3.05, 3.63) is 42.1 Å². The van der Waals surface area contributed by atoms with E-state index in [2.05, 4.69) is 10.2 Å². The van der Waals surface area contributed by atoms with Crippen LogP contribution < -0.4 is 0 Å². The van der Waals surface area contributed by atoms with Crippen LogP contribution in [0.2, 0.25) is 0 Å². The average molecular weight is 311 g/mol. The lowest BCUT2D eigenvalue weighted by atomic mass is 9.94. The Hall–Kier alpha value is -2.63. The Morgan fingerprint density at radius 3 is 2.83 bits per heavy atom. The van der Waals surface area contributed by atoms with Crippen molar-refractivity contribution in [3.63, 3.8) is 0 Å². The summed E-state index contributed by atoms with van der Waals surface area (Å²) in [4.78, 5) is 26.6. The predicted molar refractivity (Wildman–Crippen MR) is 82.6 cm³/mol. The van der Waals surface area contributed by atoms with E-state index in [4.69, 9.17) is 4.74 Å². The van der Waals surface area contributed by atoms with Gasteiger partial charge in [-0.05, 0) is 18.9 Å². The van der Waals surface area contributed by atoms with Gasteiger partial charge in [-0.3, -0.25) is 9.89 Å². The van der Waals surface area contributed by atoms with Crippen molar-refractivity contribution >= 4 is 11.9 Å². The predicted octanol–water partition coefficient (Wildman–Crippen LogP) is 2.00. The number of amides is 1. The quantitative estimate of drug-likeness (QED) is 0.861. The van der Waals surface area contributed by atoms with E-state index >= 15 is 0 Å². The molecule has 1 atom stereocenters. The van der Waals surface area contributed by atoms with E-state index < -0.39 is 5.54 Å². The minimum atomic E-state index is -0.769. The second-order valence-corrected chi connectivity index (χ2v) is 6.01. The summed E-state index contributed by atoms with van der Waals surface area (Å²) in [5, 5.41) is 7.03. The molecule has 118 valence electrons. The summed E-state index contributed by atoms with van der Waals surface area (Å²) in [6.07, 6.45) is 2.08. The molecular weight excluding hydrogens is 294 g/mol. The molecule has 1 amide bonds. The van der Waals surface area contributed by atoms with Crippen LogP contribution in [0, 0.1) is 0 Å². The fourth-order valence-corrected chi connectivity index (χ4v) is 3.53. The fraction of sp³-hybridized carbons (Fsp3) is 0.353. The van der Waals surface area contributed by atoms with Gasteiger partial charge in [0.25, 0.3) is 5.91 Å². The highest BCUT2D eigenvalue weighted by Crippen LogP contribution is 2.38. The molecule has 1 aromatic carbocycles. The van der Waals surface area contributed by atoms with Gasteiger partial charge in [-0.15, -0.1) is 0 Å². The van der Waals surface area contributed by atoms with Crippen LogP contribution in [-0.4, -0.2) is 45.7 Å². The van der Waals surface area contributed by atoms with Crippen molar-refractivity contribution in [2.45, 2.75) is 24.8 Å². The summed E-state index contributed by atoms with van der Waals surface area (Å²) in [6, 6.07) is 11.4. The van der Waals surface area contributed by atoms with Crippen LogP contribution in [0.15, 0.2) is 36.4 Å². The number of ether oxygens (including phenoxy) is 1. The zero-order valence-corrected chi connectivity index (χ0v) is 12.6. The lowest BCUT2D eigenvalue weighted by molar-refractivity contribution is -0.145. The number of esters is 1. The smallest absolute Gasteiger partial charge is 0.332 e. The van der Waals surface area contributed by atoms with Crippen molar-refractivity contribution in [1.82, 2.24) is 15.1 Å². The molecule has 0 bridgehead atoms. The molecule has 1 unspecified atom stereocenters. The second-order valence-electron chi connectivity index (χ2n) is 6.01. The standard InChI is InChI=1S/C17H17N3O3/c21-15(20-9-4-7-17(20)8-10-23-16(17)22)14-11-13(18-19-14)12-5-2-1-3-6-12/h1-3,5-6,11H,4,7-10H2,(H,18,19). The zero-order valence-electron chi connectivity index (χ0n) is 12.6. The highest BCUT2D eigenvalue weighted by atomic mass is 16.5. The van der Waals surface area contributed by atoms with Crippen LogP contribution in [0.5, 0.6) is 0 Å². The molecule has 2 aliphatic rings. The van der Waals surface area contributed by atoms with Crippen LogP contribution in [0.4, 0.5) is 0 Å². The number of aromatic amines is 1. The molecule has 23 heavy (non-hydrogen) atoms. The molecule has 2 aromatic rings. The van der Waals surface area contributed by atoms with Gasteiger partial charge >= 0.3 is 5.97 Å². The summed E-state index contributed by atoms with van der Waals surface area (Å²) in [6.45, 7) is 0.967. The van der Waals surface area contributed by atoms with E-state index in [-0.39, 0.29) is 11.9 Å². The molecule has 0 saturated carbocycles. The number of carbonyl (C=O) groups is 2. The lowest BCUT2D eigenvalue weighted by Gasteiger charge is -2.30. The number of cyclic esters (lactones) is 1. The van der Waals surface area contributed by atoms with Crippen LogP contribution in [0.1, 0.15) is 29.8 Å². The number of H-pyrrole nitrogens is 1. The average Bonchev–Trinajstić information content (AvgIpc) is 3.30. The second kappa shape index (κ2) is 5.22. The van der Waals surface area contributed by atoms with Gasteiger partial charge in [-0.25, -0.2) is 4.79 Å². The number of likely N-dealkylation sites (tertiary alicyclic amines) is 1. The SMILES string of the molecule is O=C(c1cc(-c2ccccc2)n[nH]1)N1CCCC12CCOC2=O. The molecule has 1 aromatic heterocycles. The summed E-state index contributed by atoms with van der Waals surface area (Å²) in [5.41, 5.74) is 1.30. The molecule has 2 saturated heterocycles. The Labute approximate surface area is 133 Å². The van der Waals surface area contributed by atoms with Crippen LogP contribution >= 0.6 is 0 Å². The third-order valence-corrected chi connectivity index (χ3v) is 4.74. The van der Waals surface area contributed by atoms with E-state index in [9.17, 15) is 9.59 Å². The number of carbonyl (C=O) groups excluding carboxylic acids is 2. The number of benzene rings is 1. The molecule has 0 radical (unpaired) electrons. The minimum Gasteiger partial charge on any atom is -0.464 e. The van der Waals surface area contributed by atoms with Crippen molar-refractivity contribution in [2.75, 3.05) is 13.2 Å². The zero-order chi connectivity index (χ0) is 15.9. The van der Waals surface area contributed by atoms with E-state index in [1.54, 1.807) is 11.0 Å². The molecular formula is C17H17N3O3. The Kier molecular flexibility index (Phi) is 3.18. The monoisotopic (exact) mass is 311 g/mol. The van der Waals surface area contributed by atoms with Crippen molar-refractivity contribution in [2.24, 2.45) is 0 Å². The third kappa shape index (κ3) is 2.13.